The molecule has 1 atom stereocenters. The van der Waals surface area contributed by atoms with Crippen molar-refractivity contribution < 1.29 is 14.3 Å². The molecule has 0 N–H and O–H groups in total. The van der Waals surface area contributed by atoms with Crippen molar-refractivity contribution in [1.82, 2.24) is 0 Å². The Morgan fingerprint density at radius 3 is 3.00 bits per heavy atom. The van der Waals surface area contributed by atoms with Gasteiger partial charge in [-0.05, 0) is 6.42 Å². The van der Waals surface area contributed by atoms with E-state index in [4.69, 9.17) is 9.47 Å². The van der Waals surface area contributed by atoms with Crippen LogP contribution in [0.15, 0.2) is 12.7 Å². The summed E-state index contributed by atoms with van der Waals surface area (Å²) in [5, 5.41) is 0. The van der Waals surface area contributed by atoms with Gasteiger partial charge in [-0.1, -0.05) is 6.08 Å². The molecule has 1 aliphatic heterocycles. The summed E-state index contributed by atoms with van der Waals surface area (Å²) in [6, 6.07) is 0. The van der Waals surface area contributed by atoms with Gasteiger partial charge in [0.25, 0.3) is 0 Å². The van der Waals surface area contributed by atoms with Crippen molar-refractivity contribution in [2.45, 2.75) is 18.9 Å². The molecule has 1 rings (SSSR count). The summed E-state index contributed by atoms with van der Waals surface area (Å²) < 4.78 is 10.3. The summed E-state index contributed by atoms with van der Waals surface area (Å²) in [7, 11) is 0. The van der Waals surface area contributed by atoms with Gasteiger partial charge in [-0.2, -0.15) is 0 Å². The first-order valence-electron chi connectivity index (χ1n) is 4.17. The van der Waals surface area contributed by atoms with Crippen LogP contribution in [0.2, 0.25) is 0 Å². The summed E-state index contributed by atoms with van der Waals surface area (Å²) in [6.07, 6.45) is 2.64. The van der Waals surface area contributed by atoms with Crippen molar-refractivity contribution in [2.75, 3.05) is 19.8 Å². The van der Waals surface area contributed by atoms with Crippen molar-refractivity contribution in [2.24, 2.45) is 0 Å². The van der Waals surface area contributed by atoms with Crippen LogP contribution in [-0.2, 0) is 14.3 Å². The lowest BCUT2D eigenvalue weighted by atomic mass is 10.1. The molecule has 12 heavy (non-hydrogen) atoms. The fraction of sp³-hybridized carbons (Fsp3) is 0.667. The molecule has 1 fully saturated rings. The highest BCUT2D eigenvalue weighted by Crippen LogP contribution is 2.05. The molecule has 0 aromatic heterocycles. The smallest absolute Gasteiger partial charge is 0.164 e. The van der Waals surface area contributed by atoms with E-state index in [1.165, 1.54) is 0 Å². The average Bonchev–Trinajstić information content (AvgIpc) is 2.15. The number of ether oxygens (including phenoxy) is 2. The van der Waals surface area contributed by atoms with E-state index < -0.39 is 0 Å². The summed E-state index contributed by atoms with van der Waals surface area (Å²) >= 11 is 0. The minimum Gasteiger partial charge on any atom is -0.376 e. The van der Waals surface area contributed by atoms with E-state index in [-0.39, 0.29) is 11.9 Å². The first kappa shape index (κ1) is 9.42. The normalized spacial score (nSPS) is 23.5. The van der Waals surface area contributed by atoms with E-state index in [1.807, 2.05) is 0 Å². The molecule has 0 aromatic rings. The van der Waals surface area contributed by atoms with E-state index >= 15 is 0 Å². The van der Waals surface area contributed by atoms with E-state index in [9.17, 15) is 4.79 Å². The Morgan fingerprint density at radius 2 is 2.42 bits per heavy atom. The molecule has 1 saturated heterocycles. The van der Waals surface area contributed by atoms with Crippen LogP contribution in [-0.4, -0.2) is 31.7 Å². The van der Waals surface area contributed by atoms with Crippen molar-refractivity contribution in [3.63, 3.8) is 0 Å². The number of hydrogen-bond acceptors (Lipinski definition) is 3. The third kappa shape index (κ3) is 2.75. The molecule has 0 radical (unpaired) electrons. The lowest BCUT2D eigenvalue weighted by molar-refractivity contribution is -0.145. The molecule has 3 heteroatoms. The van der Waals surface area contributed by atoms with Crippen molar-refractivity contribution >= 4 is 5.78 Å². The predicted molar refractivity (Wildman–Crippen MR) is 45.0 cm³/mol. The monoisotopic (exact) mass is 170 g/mol. The highest BCUT2D eigenvalue weighted by Gasteiger charge is 2.21. The maximum Gasteiger partial charge on any atom is 0.164 e. The van der Waals surface area contributed by atoms with Gasteiger partial charge in [-0.15, -0.1) is 6.58 Å². The quantitative estimate of drug-likeness (QED) is 0.589. The molecule has 1 heterocycles. The maximum atomic E-state index is 11.3. The maximum absolute atomic E-state index is 11.3. The van der Waals surface area contributed by atoms with Crippen LogP contribution in [0.1, 0.15) is 12.8 Å². The molecule has 0 saturated carbocycles. The second kappa shape index (κ2) is 5.06. The van der Waals surface area contributed by atoms with Gasteiger partial charge in [0.2, 0.25) is 0 Å². The van der Waals surface area contributed by atoms with Crippen LogP contribution in [0.3, 0.4) is 0 Å². The second-order valence-corrected chi connectivity index (χ2v) is 2.73. The van der Waals surface area contributed by atoms with E-state index in [0.717, 1.165) is 6.42 Å². The minimum absolute atomic E-state index is 0.120. The van der Waals surface area contributed by atoms with Crippen LogP contribution < -0.4 is 0 Å². The lowest BCUT2D eigenvalue weighted by Crippen LogP contribution is -2.35. The lowest BCUT2D eigenvalue weighted by Gasteiger charge is -2.21. The number of ketones is 1. The Morgan fingerprint density at radius 1 is 1.58 bits per heavy atom. The SMILES string of the molecule is C=CCCC(=O)C1COCCO1. The van der Waals surface area contributed by atoms with Gasteiger partial charge in [0.05, 0.1) is 19.8 Å². The minimum atomic E-state index is -0.335. The summed E-state index contributed by atoms with van der Waals surface area (Å²) in [5.41, 5.74) is 0. The highest BCUT2D eigenvalue weighted by atomic mass is 16.6. The molecule has 3 nitrogen and oxygen atoms in total. The van der Waals surface area contributed by atoms with E-state index in [2.05, 4.69) is 6.58 Å². The second-order valence-electron chi connectivity index (χ2n) is 2.73. The fourth-order valence-electron chi connectivity index (χ4n) is 1.08. The number of Topliss-reactive ketones (excluding diaryl/α,β-unsaturated/α-hetero) is 1. The first-order chi connectivity index (χ1) is 5.84. The van der Waals surface area contributed by atoms with E-state index in [1.54, 1.807) is 6.08 Å². The summed E-state index contributed by atoms with van der Waals surface area (Å²) in [4.78, 5) is 11.3. The van der Waals surface area contributed by atoms with Gasteiger partial charge in [-0.25, -0.2) is 0 Å². The number of carbonyl (C=O) groups excluding carboxylic acids is 1. The topological polar surface area (TPSA) is 35.5 Å². The number of rotatable bonds is 4. The zero-order valence-electron chi connectivity index (χ0n) is 7.12. The van der Waals surface area contributed by atoms with Gasteiger partial charge >= 0.3 is 0 Å². The number of carbonyl (C=O) groups is 1. The third-order valence-corrected chi connectivity index (χ3v) is 1.77. The molecular weight excluding hydrogens is 156 g/mol. The largest absolute Gasteiger partial charge is 0.376 e. The molecule has 0 spiro atoms. The molecule has 0 aromatic carbocycles. The molecule has 68 valence electrons. The Balaban J connectivity index is 2.24. The standard InChI is InChI=1S/C9H14O3/c1-2-3-4-8(10)9-7-11-5-6-12-9/h2,9H,1,3-7H2. The average molecular weight is 170 g/mol. The summed E-state index contributed by atoms with van der Waals surface area (Å²) in [6.45, 7) is 5.10. The van der Waals surface area contributed by atoms with Crippen molar-refractivity contribution in [3.8, 4) is 0 Å². The summed E-state index contributed by atoms with van der Waals surface area (Å²) in [5.74, 6) is 0.120. The van der Waals surface area contributed by atoms with Gasteiger partial charge in [0.1, 0.15) is 6.10 Å². The highest BCUT2D eigenvalue weighted by molar-refractivity contribution is 5.83. The molecule has 1 aliphatic rings. The zero-order valence-corrected chi connectivity index (χ0v) is 7.12. The molecule has 1 unspecified atom stereocenters. The van der Waals surface area contributed by atoms with Crippen LogP contribution in [0.25, 0.3) is 0 Å². The fourth-order valence-corrected chi connectivity index (χ4v) is 1.08. The van der Waals surface area contributed by atoms with Gasteiger partial charge < -0.3 is 9.47 Å². The molecule has 0 bridgehead atoms. The van der Waals surface area contributed by atoms with Crippen molar-refractivity contribution in [3.05, 3.63) is 12.7 Å². The van der Waals surface area contributed by atoms with Crippen molar-refractivity contribution in [1.29, 1.82) is 0 Å². The van der Waals surface area contributed by atoms with Gasteiger partial charge in [0, 0.05) is 6.42 Å². The van der Waals surface area contributed by atoms with Gasteiger partial charge in [0.15, 0.2) is 5.78 Å². The molecule has 0 aliphatic carbocycles. The van der Waals surface area contributed by atoms with Crippen LogP contribution in [0, 0.1) is 0 Å². The Bertz CT molecular complexity index is 159. The molecular formula is C9H14O3. The predicted octanol–water partition coefficient (Wildman–Crippen LogP) is 0.937. The number of allylic oxidation sites excluding steroid dienone is 1. The zero-order chi connectivity index (χ0) is 8.81. The number of hydrogen-bond donors (Lipinski definition) is 0. The Hall–Kier alpha value is -0.670. The third-order valence-electron chi connectivity index (χ3n) is 1.77. The van der Waals surface area contributed by atoms with Gasteiger partial charge in [-0.3, -0.25) is 4.79 Å². The van der Waals surface area contributed by atoms with E-state index in [0.29, 0.717) is 26.2 Å². The Labute approximate surface area is 72.4 Å². The van der Waals surface area contributed by atoms with Crippen LogP contribution in [0.5, 0.6) is 0 Å². The molecule has 0 amide bonds. The first-order valence-corrected chi connectivity index (χ1v) is 4.17. The Kier molecular flexibility index (Phi) is 3.97. The van der Waals surface area contributed by atoms with Crippen LogP contribution >= 0.6 is 0 Å². The van der Waals surface area contributed by atoms with Crippen LogP contribution in [0.4, 0.5) is 0 Å².